The molecule has 3 rings (SSSR count). The van der Waals surface area contributed by atoms with Gasteiger partial charge >= 0.3 is 5.97 Å². The fourth-order valence-electron chi connectivity index (χ4n) is 3.82. The zero-order valence-corrected chi connectivity index (χ0v) is 18.4. The number of Topliss-reactive ketones (excluding diaryl/α,β-unsaturated/α-hetero) is 1. The average Bonchev–Trinajstić information content (AvgIpc) is 3.09. The summed E-state index contributed by atoms with van der Waals surface area (Å²) in [5.41, 5.74) is 9.35. The van der Waals surface area contributed by atoms with Crippen molar-refractivity contribution < 1.29 is 23.9 Å². The van der Waals surface area contributed by atoms with Crippen LogP contribution in [0.3, 0.4) is 0 Å². The number of amides is 1. The Labute approximate surface area is 187 Å². The summed E-state index contributed by atoms with van der Waals surface area (Å²) in [6, 6.07) is 13.7. The van der Waals surface area contributed by atoms with Gasteiger partial charge in [-0.15, -0.1) is 0 Å². The van der Waals surface area contributed by atoms with Crippen LogP contribution in [-0.4, -0.2) is 35.3 Å². The molecule has 1 aromatic carbocycles. The number of nitrogens with two attached hydrogens (primary N) is 1. The van der Waals surface area contributed by atoms with E-state index in [-0.39, 0.29) is 18.1 Å². The van der Waals surface area contributed by atoms with Gasteiger partial charge in [0, 0.05) is 11.9 Å². The Morgan fingerprint density at radius 2 is 1.75 bits per heavy atom. The highest BCUT2D eigenvalue weighted by molar-refractivity contribution is 6.42. The lowest BCUT2D eigenvalue weighted by molar-refractivity contribution is -0.143. The summed E-state index contributed by atoms with van der Waals surface area (Å²) in [6.07, 6.45) is 3.68. The zero-order chi connectivity index (χ0) is 23.1. The summed E-state index contributed by atoms with van der Waals surface area (Å²) in [4.78, 5) is 36.0. The maximum atomic E-state index is 12.7. The van der Waals surface area contributed by atoms with Gasteiger partial charge in [-0.1, -0.05) is 37.3 Å². The molecule has 1 amide bonds. The van der Waals surface area contributed by atoms with Crippen LogP contribution < -0.4 is 10.5 Å². The number of ketones is 1. The van der Waals surface area contributed by atoms with Crippen LogP contribution in [0.4, 0.5) is 0 Å². The number of ether oxygens (including phenoxy) is 2. The van der Waals surface area contributed by atoms with Gasteiger partial charge in [0.15, 0.2) is 0 Å². The van der Waals surface area contributed by atoms with E-state index in [0.29, 0.717) is 38.2 Å². The Hall–Kier alpha value is -3.61. The molecule has 0 bridgehead atoms. The second kappa shape index (κ2) is 10.6. The van der Waals surface area contributed by atoms with E-state index in [1.54, 1.807) is 17.5 Å². The molecule has 0 saturated carbocycles. The molecule has 0 atom stereocenters. The zero-order valence-electron chi connectivity index (χ0n) is 18.4. The number of fused-ring (bicyclic) bond motifs is 1. The molecule has 0 aliphatic carbocycles. The van der Waals surface area contributed by atoms with Gasteiger partial charge in [0.25, 0.3) is 11.7 Å². The molecule has 2 N–H and O–H groups in total. The third-order valence-electron chi connectivity index (χ3n) is 5.24. The van der Waals surface area contributed by atoms with Crippen molar-refractivity contribution in [2.45, 2.75) is 39.5 Å². The van der Waals surface area contributed by atoms with Gasteiger partial charge in [0.2, 0.25) is 0 Å². The molecular weight excluding hydrogens is 408 g/mol. The minimum Gasteiger partial charge on any atom is -0.492 e. The van der Waals surface area contributed by atoms with Crippen LogP contribution >= 0.6 is 0 Å². The third-order valence-corrected chi connectivity index (χ3v) is 5.24. The number of pyridine rings is 1. The predicted octanol–water partition coefficient (Wildman–Crippen LogP) is 3.48. The Bertz CT molecular complexity index is 1120. The fraction of sp³-hybridized carbons (Fsp3) is 0.320. The van der Waals surface area contributed by atoms with E-state index in [1.165, 1.54) is 0 Å². The van der Waals surface area contributed by atoms with Gasteiger partial charge in [-0.3, -0.25) is 14.4 Å². The van der Waals surface area contributed by atoms with Crippen LogP contribution in [0.25, 0.3) is 5.52 Å². The summed E-state index contributed by atoms with van der Waals surface area (Å²) < 4.78 is 12.4. The van der Waals surface area contributed by atoms with Crippen molar-refractivity contribution in [1.29, 1.82) is 0 Å². The molecule has 0 aliphatic heterocycles. The van der Waals surface area contributed by atoms with E-state index in [0.717, 1.165) is 22.2 Å². The number of carbonyl (C=O) groups excluding carboxylic acids is 3. The predicted molar refractivity (Wildman–Crippen MR) is 121 cm³/mol. The van der Waals surface area contributed by atoms with E-state index >= 15 is 0 Å². The van der Waals surface area contributed by atoms with Crippen LogP contribution in [0.2, 0.25) is 0 Å². The Morgan fingerprint density at radius 1 is 1.00 bits per heavy atom. The molecule has 0 fully saturated rings. The summed E-state index contributed by atoms with van der Waals surface area (Å²) in [5, 5.41) is 0. The van der Waals surface area contributed by atoms with Crippen molar-refractivity contribution in [3.63, 3.8) is 0 Å². The van der Waals surface area contributed by atoms with E-state index in [4.69, 9.17) is 15.2 Å². The largest absolute Gasteiger partial charge is 0.492 e. The number of hydrogen-bond acceptors (Lipinski definition) is 5. The van der Waals surface area contributed by atoms with Gasteiger partial charge in [-0.25, -0.2) is 0 Å². The lowest BCUT2D eigenvalue weighted by Crippen LogP contribution is -2.25. The van der Waals surface area contributed by atoms with E-state index < -0.39 is 11.7 Å². The number of hydrogen-bond donors (Lipinski definition) is 1. The summed E-state index contributed by atoms with van der Waals surface area (Å²) in [6.45, 7) is 4.39. The Balaban J connectivity index is 1.95. The summed E-state index contributed by atoms with van der Waals surface area (Å²) >= 11 is 0. The lowest BCUT2D eigenvalue weighted by Gasteiger charge is -2.08. The molecule has 3 aromatic rings. The summed E-state index contributed by atoms with van der Waals surface area (Å²) in [5.74, 6) is -1.45. The van der Waals surface area contributed by atoms with Crippen LogP contribution in [0.15, 0.2) is 48.7 Å². The maximum absolute atomic E-state index is 12.7. The Kier molecular flexibility index (Phi) is 7.65. The maximum Gasteiger partial charge on any atom is 0.305 e. The SMILES string of the molecule is CCOC(=O)CCCOc1ccc2c(Cc3ccccc3)c(CC)c(C(=O)C(N)=O)n2c1. The van der Waals surface area contributed by atoms with Gasteiger partial charge < -0.3 is 19.6 Å². The first kappa shape index (κ1) is 23.1. The van der Waals surface area contributed by atoms with E-state index in [9.17, 15) is 14.4 Å². The van der Waals surface area contributed by atoms with E-state index in [2.05, 4.69) is 0 Å². The van der Waals surface area contributed by atoms with Crippen LogP contribution in [0.5, 0.6) is 5.75 Å². The second-order valence-electron chi connectivity index (χ2n) is 7.39. The first-order chi connectivity index (χ1) is 15.5. The minimum atomic E-state index is -0.994. The molecule has 0 radical (unpaired) electrons. The van der Waals surface area contributed by atoms with Gasteiger partial charge in [0.05, 0.1) is 19.4 Å². The van der Waals surface area contributed by atoms with Crippen LogP contribution in [0.1, 0.15) is 53.9 Å². The number of rotatable bonds is 11. The molecule has 7 heteroatoms. The summed E-state index contributed by atoms with van der Waals surface area (Å²) in [7, 11) is 0. The van der Waals surface area contributed by atoms with Crippen molar-refractivity contribution in [2.75, 3.05) is 13.2 Å². The quantitative estimate of drug-likeness (QED) is 0.215. The van der Waals surface area contributed by atoms with Crippen LogP contribution in [-0.2, 0) is 27.2 Å². The number of esters is 1. The number of carbonyl (C=O) groups is 3. The molecule has 7 nitrogen and oxygen atoms in total. The third kappa shape index (κ3) is 5.17. The van der Waals surface area contributed by atoms with Gasteiger partial charge in [0.1, 0.15) is 11.4 Å². The molecule has 32 heavy (non-hydrogen) atoms. The minimum absolute atomic E-state index is 0.260. The molecule has 2 aromatic heterocycles. The highest BCUT2D eigenvalue weighted by Crippen LogP contribution is 2.29. The molecular formula is C25H28N2O5. The molecule has 2 heterocycles. The standard InChI is InChI=1S/C25H28N2O5/c1-3-19-20(15-17-9-6-5-7-10-17)21-13-12-18(32-14-8-11-22(28)31-4-2)16-27(21)23(19)24(29)25(26)30/h5-7,9-10,12-13,16H,3-4,8,11,14-15H2,1-2H3,(H2,26,30). The Morgan fingerprint density at radius 3 is 2.41 bits per heavy atom. The first-order valence-electron chi connectivity index (χ1n) is 10.8. The fourth-order valence-corrected chi connectivity index (χ4v) is 3.82. The highest BCUT2D eigenvalue weighted by Gasteiger charge is 2.25. The van der Waals surface area contributed by atoms with Gasteiger partial charge in [-0.2, -0.15) is 0 Å². The number of nitrogens with zero attached hydrogens (tertiary/aromatic N) is 1. The topological polar surface area (TPSA) is 100 Å². The lowest BCUT2D eigenvalue weighted by atomic mass is 9.98. The normalized spacial score (nSPS) is 10.8. The molecule has 0 saturated heterocycles. The molecule has 168 valence electrons. The van der Waals surface area contributed by atoms with Crippen LogP contribution in [0, 0.1) is 0 Å². The number of aromatic nitrogens is 1. The van der Waals surface area contributed by atoms with Crippen molar-refractivity contribution in [3.05, 3.63) is 71.0 Å². The second-order valence-corrected chi connectivity index (χ2v) is 7.39. The smallest absolute Gasteiger partial charge is 0.305 e. The number of benzene rings is 1. The highest BCUT2D eigenvalue weighted by atomic mass is 16.5. The molecule has 0 spiro atoms. The first-order valence-corrected chi connectivity index (χ1v) is 10.8. The average molecular weight is 437 g/mol. The van der Waals surface area contributed by atoms with Crippen molar-refractivity contribution in [2.24, 2.45) is 5.73 Å². The monoisotopic (exact) mass is 436 g/mol. The number of primary amides is 1. The van der Waals surface area contributed by atoms with Gasteiger partial charge in [-0.05, 0) is 55.0 Å². The van der Waals surface area contributed by atoms with Crippen molar-refractivity contribution >= 4 is 23.2 Å². The van der Waals surface area contributed by atoms with Crippen molar-refractivity contribution in [1.82, 2.24) is 4.40 Å². The molecule has 0 unspecified atom stereocenters. The van der Waals surface area contributed by atoms with E-state index in [1.807, 2.05) is 49.4 Å². The molecule has 0 aliphatic rings. The van der Waals surface area contributed by atoms with Crippen molar-refractivity contribution in [3.8, 4) is 5.75 Å².